The molecule has 142 valence electrons. The monoisotopic (exact) mass is 397 g/mol. The highest BCUT2D eigenvalue weighted by molar-refractivity contribution is 7.20. The van der Waals surface area contributed by atoms with Crippen molar-refractivity contribution in [3.63, 3.8) is 0 Å². The molecule has 0 saturated carbocycles. The van der Waals surface area contributed by atoms with E-state index in [9.17, 15) is 14.4 Å². The Morgan fingerprint density at radius 1 is 1.21 bits per heavy atom. The number of hydrogen-bond donors (Lipinski definition) is 0. The van der Waals surface area contributed by atoms with Crippen molar-refractivity contribution in [1.29, 1.82) is 0 Å². The molecule has 0 fully saturated rings. The second kappa shape index (κ2) is 7.28. The van der Waals surface area contributed by atoms with Crippen LogP contribution in [0.5, 0.6) is 0 Å². The van der Waals surface area contributed by atoms with E-state index in [1.807, 2.05) is 30.3 Å². The average Bonchev–Trinajstić information content (AvgIpc) is 3.38. The predicted molar refractivity (Wildman–Crippen MR) is 102 cm³/mol. The molecule has 0 aliphatic carbocycles. The molecule has 0 N–H and O–H groups in total. The van der Waals surface area contributed by atoms with Crippen molar-refractivity contribution >= 4 is 27.5 Å². The summed E-state index contributed by atoms with van der Waals surface area (Å²) in [5.41, 5.74) is -0.0414. The lowest BCUT2D eigenvalue weighted by Gasteiger charge is -2.08. The Morgan fingerprint density at radius 2 is 2.00 bits per heavy atom. The number of nitrogens with zero attached hydrogens (tertiary/aromatic N) is 3. The van der Waals surface area contributed by atoms with Crippen LogP contribution in [0, 0.1) is 0 Å². The van der Waals surface area contributed by atoms with E-state index in [1.165, 1.54) is 16.8 Å². The minimum absolute atomic E-state index is 0.0652. The van der Waals surface area contributed by atoms with Gasteiger partial charge in [-0.2, -0.15) is 0 Å². The summed E-state index contributed by atoms with van der Waals surface area (Å²) >= 11 is 1.04. The van der Waals surface area contributed by atoms with Crippen LogP contribution in [0.2, 0.25) is 0 Å². The molecule has 1 aromatic carbocycles. The van der Waals surface area contributed by atoms with Crippen molar-refractivity contribution in [2.24, 2.45) is 7.05 Å². The minimum Gasteiger partial charge on any atom is -0.453 e. The highest BCUT2D eigenvalue weighted by Crippen LogP contribution is 2.23. The van der Waals surface area contributed by atoms with E-state index in [2.05, 4.69) is 5.16 Å². The molecular formula is C19H15N3O5S. The zero-order valence-corrected chi connectivity index (χ0v) is 15.6. The fraction of sp³-hybridized carbons (Fsp3) is 0.158. The Labute approximate surface area is 162 Å². The van der Waals surface area contributed by atoms with Gasteiger partial charge in [-0.05, 0) is 11.6 Å². The molecule has 0 aliphatic heterocycles. The first kappa shape index (κ1) is 17.9. The van der Waals surface area contributed by atoms with Gasteiger partial charge >= 0.3 is 11.7 Å². The van der Waals surface area contributed by atoms with Crippen LogP contribution in [-0.2, 0) is 24.9 Å². The Morgan fingerprint density at radius 3 is 2.71 bits per heavy atom. The van der Waals surface area contributed by atoms with E-state index in [1.54, 1.807) is 13.1 Å². The van der Waals surface area contributed by atoms with E-state index >= 15 is 0 Å². The summed E-state index contributed by atoms with van der Waals surface area (Å²) in [7, 11) is 1.58. The number of fused-ring (bicyclic) bond motifs is 1. The topological polar surface area (TPSA) is 96.3 Å². The van der Waals surface area contributed by atoms with E-state index in [4.69, 9.17) is 9.26 Å². The third-order valence-electron chi connectivity index (χ3n) is 4.23. The first-order chi connectivity index (χ1) is 13.5. The van der Waals surface area contributed by atoms with Crippen LogP contribution in [0.1, 0.15) is 21.0 Å². The molecule has 4 aromatic rings. The summed E-state index contributed by atoms with van der Waals surface area (Å²) in [6.07, 6.45) is 1.45. The fourth-order valence-corrected chi connectivity index (χ4v) is 3.81. The van der Waals surface area contributed by atoms with Crippen molar-refractivity contribution in [3.05, 3.63) is 85.7 Å². The van der Waals surface area contributed by atoms with Gasteiger partial charge in [0.1, 0.15) is 9.71 Å². The van der Waals surface area contributed by atoms with Crippen molar-refractivity contribution < 1.29 is 14.1 Å². The molecular weight excluding hydrogens is 382 g/mol. The predicted octanol–water partition coefficient (Wildman–Crippen LogP) is 2.15. The number of carbonyl (C=O) groups excluding carboxylic acids is 1. The number of benzene rings is 1. The highest BCUT2D eigenvalue weighted by atomic mass is 32.1. The lowest BCUT2D eigenvalue weighted by molar-refractivity contribution is 0.0443. The summed E-state index contributed by atoms with van der Waals surface area (Å²) in [5, 5.41) is 3.84. The van der Waals surface area contributed by atoms with Crippen molar-refractivity contribution in [2.75, 3.05) is 0 Å². The van der Waals surface area contributed by atoms with Gasteiger partial charge in [-0.15, -0.1) is 11.3 Å². The first-order valence-electron chi connectivity index (χ1n) is 8.38. The lowest BCUT2D eigenvalue weighted by atomic mass is 10.2. The van der Waals surface area contributed by atoms with Gasteiger partial charge < -0.3 is 9.26 Å². The molecule has 4 rings (SSSR count). The van der Waals surface area contributed by atoms with Crippen LogP contribution < -0.4 is 11.2 Å². The van der Waals surface area contributed by atoms with E-state index in [0.29, 0.717) is 16.0 Å². The largest absolute Gasteiger partial charge is 0.453 e. The molecule has 8 nitrogen and oxygen atoms in total. The quantitative estimate of drug-likeness (QED) is 0.479. The summed E-state index contributed by atoms with van der Waals surface area (Å²) in [4.78, 5) is 38.5. The van der Waals surface area contributed by atoms with Crippen LogP contribution in [0.25, 0.3) is 10.2 Å². The molecule has 0 radical (unpaired) electrons. The Kier molecular flexibility index (Phi) is 4.66. The molecule has 0 atom stereocenters. The molecule has 0 aliphatic rings. The number of rotatable bonds is 5. The average molecular weight is 397 g/mol. The molecule has 0 saturated heterocycles. The highest BCUT2D eigenvalue weighted by Gasteiger charge is 2.19. The number of aromatic nitrogens is 3. The number of aryl methyl sites for hydroxylation is 1. The smallest absolute Gasteiger partial charge is 0.348 e. The third kappa shape index (κ3) is 3.27. The molecule has 3 aromatic heterocycles. The summed E-state index contributed by atoms with van der Waals surface area (Å²) in [6, 6.07) is 12.3. The van der Waals surface area contributed by atoms with E-state index in [0.717, 1.165) is 21.5 Å². The molecule has 0 amide bonds. The Bertz CT molecular complexity index is 1250. The van der Waals surface area contributed by atoms with E-state index in [-0.39, 0.29) is 18.0 Å². The second-order valence-corrected chi connectivity index (χ2v) is 7.13. The molecule has 9 heteroatoms. The Hall–Kier alpha value is -3.46. The van der Waals surface area contributed by atoms with Crippen molar-refractivity contribution in [1.82, 2.24) is 14.3 Å². The molecule has 0 spiro atoms. The third-order valence-corrected chi connectivity index (χ3v) is 5.42. The van der Waals surface area contributed by atoms with Gasteiger partial charge in [0.2, 0.25) is 0 Å². The van der Waals surface area contributed by atoms with Crippen molar-refractivity contribution in [2.45, 2.75) is 13.2 Å². The van der Waals surface area contributed by atoms with Gasteiger partial charge in [0.05, 0.1) is 18.1 Å². The van der Waals surface area contributed by atoms with Crippen LogP contribution in [-0.4, -0.2) is 20.3 Å². The van der Waals surface area contributed by atoms with Gasteiger partial charge in [0.15, 0.2) is 12.4 Å². The van der Waals surface area contributed by atoms with Crippen LogP contribution in [0.4, 0.5) is 0 Å². The first-order valence-corrected chi connectivity index (χ1v) is 9.20. The number of ether oxygens (including phenoxy) is 1. The lowest BCUT2D eigenvalue weighted by Crippen LogP contribution is -2.38. The molecule has 0 bridgehead atoms. The van der Waals surface area contributed by atoms with E-state index < -0.39 is 17.2 Å². The van der Waals surface area contributed by atoms with Gasteiger partial charge in [0, 0.05) is 13.1 Å². The van der Waals surface area contributed by atoms with Crippen LogP contribution in [0.3, 0.4) is 0 Å². The van der Waals surface area contributed by atoms with Gasteiger partial charge in [-0.25, -0.2) is 9.59 Å². The number of esters is 1. The molecule has 3 heterocycles. The summed E-state index contributed by atoms with van der Waals surface area (Å²) < 4.78 is 12.6. The maximum Gasteiger partial charge on any atom is 0.348 e. The van der Waals surface area contributed by atoms with Crippen LogP contribution >= 0.6 is 11.3 Å². The SMILES string of the molecule is Cn1c(=O)n(Cc2ccccc2)c(=O)c2cc(C(=O)OCc3ccno3)sc21. The summed E-state index contributed by atoms with van der Waals surface area (Å²) in [5.74, 6) is -0.189. The number of hydrogen-bond acceptors (Lipinski definition) is 7. The standard InChI is InChI=1S/C19H15N3O5S/c1-21-17-14(9-15(28-17)18(24)26-11-13-7-8-20-27-13)16(23)22(19(21)25)10-12-5-3-2-4-6-12/h2-9H,10-11H2,1H3. The van der Waals surface area contributed by atoms with Crippen LogP contribution in [0.15, 0.2) is 62.8 Å². The van der Waals surface area contributed by atoms with Gasteiger partial charge in [-0.1, -0.05) is 35.5 Å². The zero-order valence-electron chi connectivity index (χ0n) is 14.8. The normalized spacial score (nSPS) is 11.0. The zero-order chi connectivity index (χ0) is 19.7. The Balaban J connectivity index is 1.70. The van der Waals surface area contributed by atoms with Crippen molar-refractivity contribution in [3.8, 4) is 0 Å². The maximum atomic E-state index is 12.9. The minimum atomic E-state index is -0.598. The fourth-order valence-electron chi connectivity index (χ4n) is 2.81. The van der Waals surface area contributed by atoms with Gasteiger partial charge in [-0.3, -0.25) is 13.9 Å². The molecule has 28 heavy (non-hydrogen) atoms. The summed E-state index contributed by atoms with van der Waals surface area (Å²) in [6.45, 7) is 0.0909. The number of thiophene rings is 1. The van der Waals surface area contributed by atoms with Gasteiger partial charge in [0.25, 0.3) is 5.56 Å². The second-order valence-electron chi connectivity index (χ2n) is 6.10. The maximum absolute atomic E-state index is 12.9. The molecule has 0 unspecified atom stereocenters. The number of carbonyl (C=O) groups is 1.